The lowest BCUT2D eigenvalue weighted by Gasteiger charge is -2.23. The van der Waals surface area contributed by atoms with Gasteiger partial charge in [-0.15, -0.1) is 11.3 Å². The molecule has 1 amide bonds. The topological polar surface area (TPSA) is 66.8 Å². The molecular formula is C13H17NO4S. The first-order valence-corrected chi connectivity index (χ1v) is 7.09. The first-order chi connectivity index (χ1) is 9.13. The third-order valence-corrected chi connectivity index (χ3v) is 4.23. The molecule has 19 heavy (non-hydrogen) atoms. The Labute approximate surface area is 115 Å². The number of hydrogen-bond donors (Lipinski definition) is 1. The fraction of sp³-hybridized carbons (Fsp3) is 0.538. The number of aliphatic carboxylic acids is 1. The molecule has 1 fully saturated rings. The largest absolute Gasteiger partial charge is 0.481 e. The molecule has 1 N–H and O–H groups in total. The highest BCUT2D eigenvalue weighted by atomic mass is 32.1. The molecule has 1 aliphatic heterocycles. The quantitative estimate of drug-likeness (QED) is 0.897. The first-order valence-electron chi connectivity index (χ1n) is 6.21. The van der Waals surface area contributed by atoms with Gasteiger partial charge in [0.2, 0.25) is 0 Å². The van der Waals surface area contributed by atoms with Crippen molar-refractivity contribution in [3.05, 3.63) is 21.9 Å². The molecule has 1 aliphatic rings. The van der Waals surface area contributed by atoms with Crippen molar-refractivity contribution >= 4 is 23.2 Å². The van der Waals surface area contributed by atoms with Crippen LogP contribution in [0.4, 0.5) is 0 Å². The average molecular weight is 283 g/mol. The van der Waals surface area contributed by atoms with Crippen LogP contribution in [0.5, 0.6) is 0 Å². The van der Waals surface area contributed by atoms with E-state index in [0.717, 1.165) is 18.4 Å². The van der Waals surface area contributed by atoms with Crippen LogP contribution in [0.25, 0.3) is 0 Å². The van der Waals surface area contributed by atoms with Gasteiger partial charge >= 0.3 is 5.97 Å². The molecular weight excluding hydrogens is 266 g/mol. The predicted molar refractivity (Wildman–Crippen MR) is 71.3 cm³/mol. The summed E-state index contributed by atoms with van der Waals surface area (Å²) in [5.41, 5.74) is 0.874. The van der Waals surface area contributed by atoms with Crippen LogP contribution < -0.4 is 0 Å². The fourth-order valence-corrected chi connectivity index (χ4v) is 3.30. The third kappa shape index (κ3) is 3.13. The van der Waals surface area contributed by atoms with Crippen LogP contribution in [0.2, 0.25) is 0 Å². The normalized spacial score (nSPS) is 18.8. The average Bonchev–Trinajstić information content (AvgIpc) is 2.97. The number of carboxylic acid groups (broad SMARTS) is 1. The molecule has 0 bridgehead atoms. The van der Waals surface area contributed by atoms with Gasteiger partial charge < -0.3 is 14.7 Å². The van der Waals surface area contributed by atoms with E-state index in [4.69, 9.17) is 9.84 Å². The number of carbonyl (C=O) groups excluding carboxylic acids is 1. The summed E-state index contributed by atoms with van der Waals surface area (Å²) in [7, 11) is 1.59. The van der Waals surface area contributed by atoms with E-state index in [1.165, 1.54) is 11.3 Å². The van der Waals surface area contributed by atoms with Gasteiger partial charge in [0.05, 0.1) is 17.9 Å². The summed E-state index contributed by atoms with van der Waals surface area (Å²) in [6.07, 6.45) is 1.66. The highest BCUT2D eigenvalue weighted by molar-refractivity contribution is 7.12. The number of likely N-dealkylation sites (tertiary alicyclic amines) is 1. The SMILES string of the molecule is COCc1ccsc1C(=O)N1CCCC1CC(=O)O. The first kappa shape index (κ1) is 14.0. The van der Waals surface area contributed by atoms with Gasteiger partial charge in [-0.2, -0.15) is 0 Å². The van der Waals surface area contributed by atoms with Crippen LogP contribution in [0, 0.1) is 0 Å². The van der Waals surface area contributed by atoms with Crippen LogP contribution in [0.3, 0.4) is 0 Å². The van der Waals surface area contributed by atoms with Gasteiger partial charge in [0, 0.05) is 25.3 Å². The second-order valence-corrected chi connectivity index (χ2v) is 5.52. The van der Waals surface area contributed by atoms with Crippen molar-refractivity contribution in [2.45, 2.75) is 31.9 Å². The number of methoxy groups -OCH3 is 1. The molecule has 2 heterocycles. The predicted octanol–water partition coefficient (Wildman–Crippen LogP) is 1.97. The lowest BCUT2D eigenvalue weighted by atomic mass is 10.1. The molecule has 1 unspecified atom stereocenters. The minimum atomic E-state index is -0.854. The van der Waals surface area contributed by atoms with E-state index in [1.807, 2.05) is 11.4 Å². The molecule has 5 nitrogen and oxygen atoms in total. The third-order valence-electron chi connectivity index (χ3n) is 3.29. The lowest BCUT2D eigenvalue weighted by Crippen LogP contribution is -2.36. The summed E-state index contributed by atoms with van der Waals surface area (Å²) in [5, 5.41) is 10.8. The van der Waals surface area contributed by atoms with Gasteiger partial charge in [-0.05, 0) is 24.3 Å². The molecule has 0 saturated carbocycles. The Morgan fingerprint density at radius 1 is 1.58 bits per heavy atom. The highest BCUT2D eigenvalue weighted by Crippen LogP contribution is 2.26. The number of thiophene rings is 1. The molecule has 0 spiro atoms. The summed E-state index contributed by atoms with van der Waals surface area (Å²) in [6.45, 7) is 1.04. The molecule has 1 saturated heterocycles. The Bertz CT molecular complexity index is 471. The van der Waals surface area contributed by atoms with E-state index in [1.54, 1.807) is 12.0 Å². The highest BCUT2D eigenvalue weighted by Gasteiger charge is 2.32. The molecule has 2 rings (SSSR count). The van der Waals surface area contributed by atoms with E-state index in [0.29, 0.717) is 18.0 Å². The number of carboxylic acids is 1. The number of hydrogen-bond acceptors (Lipinski definition) is 4. The maximum atomic E-state index is 12.5. The van der Waals surface area contributed by atoms with E-state index in [2.05, 4.69) is 0 Å². The Morgan fingerprint density at radius 2 is 2.37 bits per heavy atom. The van der Waals surface area contributed by atoms with E-state index < -0.39 is 5.97 Å². The van der Waals surface area contributed by atoms with Crippen molar-refractivity contribution in [1.82, 2.24) is 4.90 Å². The van der Waals surface area contributed by atoms with Crippen LogP contribution in [0.15, 0.2) is 11.4 Å². The van der Waals surface area contributed by atoms with Gasteiger partial charge in [-0.3, -0.25) is 9.59 Å². The molecule has 0 aromatic carbocycles. The van der Waals surface area contributed by atoms with Gasteiger partial charge in [0.25, 0.3) is 5.91 Å². The van der Waals surface area contributed by atoms with Crippen molar-refractivity contribution in [1.29, 1.82) is 0 Å². The fourth-order valence-electron chi connectivity index (χ4n) is 2.44. The number of nitrogens with zero attached hydrogens (tertiary/aromatic N) is 1. The lowest BCUT2D eigenvalue weighted by molar-refractivity contribution is -0.137. The Kier molecular flexibility index (Phi) is 4.55. The van der Waals surface area contributed by atoms with Crippen molar-refractivity contribution in [3.63, 3.8) is 0 Å². The number of carbonyl (C=O) groups is 2. The second-order valence-electron chi connectivity index (χ2n) is 4.60. The molecule has 6 heteroatoms. The van der Waals surface area contributed by atoms with Crippen molar-refractivity contribution in [2.75, 3.05) is 13.7 Å². The zero-order valence-corrected chi connectivity index (χ0v) is 11.6. The summed E-state index contributed by atoms with van der Waals surface area (Å²) in [5.74, 6) is -0.918. The maximum Gasteiger partial charge on any atom is 0.305 e. The van der Waals surface area contributed by atoms with Gasteiger partial charge in [-0.25, -0.2) is 0 Å². The summed E-state index contributed by atoms with van der Waals surface area (Å²) in [6, 6.07) is 1.70. The maximum absolute atomic E-state index is 12.5. The van der Waals surface area contributed by atoms with Crippen molar-refractivity contribution in [2.24, 2.45) is 0 Å². The van der Waals surface area contributed by atoms with Gasteiger partial charge in [0.1, 0.15) is 0 Å². The monoisotopic (exact) mass is 283 g/mol. The molecule has 0 radical (unpaired) electrons. The Balaban J connectivity index is 2.13. The summed E-state index contributed by atoms with van der Waals surface area (Å²) in [4.78, 5) is 25.7. The number of rotatable bonds is 5. The minimum absolute atomic E-state index is 0.0245. The van der Waals surface area contributed by atoms with E-state index in [-0.39, 0.29) is 18.4 Å². The van der Waals surface area contributed by atoms with Crippen molar-refractivity contribution < 1.29 is 19.4 Å². The molecule has 104 valence electrons. The summed E-state index contributed by atoms with van der Waals surface area (Å²) < 4.78 is 5.07. The summed E-state index contributed by atoms with van der Waals surface area (Å²) >= 11 is 1.39. The van der Waals surface area contributed by atoms with E-state index >= 15 is 0 Å². The zero-order valence-electron chi connectivity index (χ0n) is 10.8. The van der Waals surface area contributed by atoms with Crippen LogP contribution >= 0.6 is 11.3 Å². The Hall–Kier alpha value is -1.40. The Morgan fingerprint density at radius 3 is 3.05 bits per heavy atom. The number of amides is 1. The molecule has 1 aromatic rings. The second kappa shape index (κ2) is 6.16. The van der Waals surface area contributed by atoms with Crippen LogP contribution in [-0.2, 0) is 16.1 Å². The van der Waals surface area contributed by atoms with Gasteiger partial charge in [-0.1, -0.05) is 0 Å². The molecule has 1 atom stereocenters. The smallest absolute Gasteiger partial charge is 0.305 e. The standard InChI is InChI=1S/C13H17NO4S/c1-18-8-9-4-6-19-12(9)13(17)14-5-2-3-10(14)7-11(15)16/h4,6,10H,2-3,5,7-8H2,1H3,(H,15,16). The van der Waals surface area contributed by atoms with Gasteiger partial charge in [0.15, 0.2) is 0 Å². The van der Waals surface area contributed by atoms with Crippen LogP contribution in [-0.4, -0.2) is 41.6 Å². The minimum Gasteiger partial charge on any atom is -0.481 e. The van der Waals surface area contributed by atoms with Crippen molar-refractivity contribution in [3.8, 4) is 0 Å². The zero-order chi connectivity index (χ0) is 13.8. The molecule has 0 aliphatic carbocycles. The van der Waals surface area contributed by atoms with E-state index in [9.17, 15) is 9.59 Å². The molecule has 1 aromatic heterocycles. The number of ether oxygens (including phenoxy) is 1. The van der Waals surface area contributed by atoms with Crippen LogP contribution in [0.1, 0.15) is 34.5 Å².